The molecule has 0 aliphatic heterocycles. The standard InChI is InChI=1S/C7H6BrNO2/c8-4-6(11)7-5(10)2-1-3-9-7/h1-3,10H,4H2. The second kappa shape index (κ2) is 3.48. The van der Waals surface area contributed by atoms with E-state index in [-0.39, 0.29) is 22.6 Å². The van der Waals surface area contributed by atoms with Crippen LogP contribution in [0.3, 0.4) is 0 Å². The van der Waals surface area contributed by atoms with Crippen molar-refractivity contribution < 1.29 is 9.90 Å². The van der Waals surface area contributed by atoms with E-state index >= 15 is 0 Å². The molecular weight excluding hydrogens is 210 g/mol. The first-order valence-electron chi connectivity index (χ1n) is 2.99. The van der Waals surface area contributed by atoms with Gasteiger partial charge in [0.2, 0.25) is 0 Å². The molecule has 1 rings (SSSR count). The molecule has 0 unspecified atom stereocenters. The predicted octanol–water partition coefficient (Wildman–Crippen LogP) is 1.36. The topological polar surface area (TPSA) is 50.2 Å². The summed E-state index contributed by atoms with van der Waals surface area (Å²) >= 11 is 2.98. The molecule has 0 radical (unpaired) electrons. The van der Waals surface area contributed by atoms with Gasteiger partial charge < -0.3 is 5.11 Å². The fourth-order valence-corrected chi connectivity index (χ4v) is 0.941. The van der Waals surface area contributed by atoms with Gasteiger partial charge in [0.15, 0.2) is 5.78 Å². The lowest BCUT2D eigenvalue weighted by Gasteiger charge is -1.97. The Morgan fingerprint density at radius 1 is 1.73 bits per heavy atom. The molecule has 0 bridgehead atoms. The molecule has 1 aromatic heterocycles. The van der Waals surface area contributed by atoms with E-state index in [9.17, 15) is 4.79 Å². The number of halogens is 1. The highest BCUT2D eigenvalue weighted by atomic mass is 79.9. The first kappa shape index (κ1) is 8.20. The Balaban J connectivity index is 3.03. The van der Waals surface area contributed by atoms with Crippen LogP contribution >= 0.6 is 15.9 Å². The summed E-state index contributed by atoms with van der Waals surface area (Å²) in [5.74, 6) is -0.292. The zero-order valence-corrected chi connectivity index (χ0v) is 7.21. The number of nitrogens with zero attached hydrogens (tertiary/aromatic N) is 1. The maximum absolute atomic E-state index is 11.0. The van der Waals surface area contributed by atoms with E-state index < -0.39 is 0 Å². The molecule has 0 aliphatic rings. The van der Waals surface area contributed by atoms with Gasteiger partial charge >= 0.3 is 0 Å². The number of alkyl halides is 1. The van der Waals surface area contributed by atoms with Crippen molar-refractivity contribution in [1.29, 1.82) is 0 Å². The van der Waals surface area contributed by atoms with Crippen LogP contribution in [0.1, 0.15) is 10.5 Å². The van der Waals surface area contributed by atoms with Crippen molar-refractivity contribution in [2.75, 3.05) is 5.33 Å². The minimum Gasteiger partial charge on any atom is -0.506 e. The lowest BCUT2D eigenvalue weighted by molar-refractivity contribution is 0.101. The van der Waals surface area contributed by atoms with E-state index in [4.69, 9.17) is 5.11 Å². The minimum absolute atomic E-state index is 0.0723. The van der Waals surface area contributed by atoms with E-state index in [1.54, 1.807) is 6.07 Å². The Morgan fingerprint density at radius 3 is 3.00 bits per heavy atom. The van der Waals surface area contributed by atoms with Crippen LogP contribution < -0.4 is 0 Å². The predicted molar refractivity (Wildman–Crippen MR) is 44.0 cm³/mol. The zero-order chi connectivity index (χ0) is 8.27. The third kappa shape index (κ3) is 1.77. The van der Waals surface area contributed by atoms with Crippen LogP contribution in [-0.4, -0.2) is 21.2 Å². The van der Waals surface area contributed by atoms with Crippen molar-refractivity contribution in [2.45, 2.75) is 0 Å². The van der Waals surface area contributed by atoms with Gasteiger partial charge in [0.25, 0.3) is 0 Å². The second-order valence-electron chi connectivity index (χ2n) is 1.93. The Labute approximate surface area is 72.2 Å². The number of ketones is 1. The summed E-state index contributed by atoms with van der Waals surface area (Å²) in [6, 6.07) is 3.00. The van der Waals surface area contributed by atoms with Gasteiger partial charge in [0.1, 0.15) is 11.4 Å². The average molecular weight is 216 g/mol. The van der Waals surface area contributed by atoms with Crippen LogP contribution in [0.5, 0.6) is 5.75 Å². The third-order valence-electron chi connectivity index (χ3n) is 1.17. The Morgan fingerprint density at radius 2 is 2.45 bits per heavy atom. The first-order chi connectivity index (χ1) is 5.25. The molecule has 0 saturated heterocycles. The molecule has 0 saturated carbocycles. The van der Waals surface area contributed by atoms with Crippen LogP contribution in [0, 0.1) is 0 Å². The van der Waals surface area contributed by atoms with Gasteiger partial charge in [0.05, 0.1) is 5.33 Å². The van der Waals surface area contributed by atoms with Gasteiger partial charge in [-0.2, -0.15) is 0 Å². The fraction of sp³-hybridized carbons (Fsp3) is 0.143. The van der Waals surface area contributed by atoms with Gasteiger partial charge in [-0.1, -0.05) is 15.9 Å². The van der Waals surface area contributed by atoms with E-state index in [1.807, 2.05) is 0 Å². The van der Waals surface area contributed by atoms with Crippen molar-refractivity contribution >= 4 is 21.7 Å². The number of carbonyl (C=O) groups excluding carboxylic acids is 1. The highest BCUT2D eigenvalue weighted by molar-refractivity contribution is 9.09. The molecule has 3 nitrogen and oxygen atoms in total. The van der Waals surface area contributed by atoms with E-state index in [2.05, 4.69) is 20.9 Å². The van der Waals surface area contributed by atoms with Gasteiger partial charge in [-0.05, 0) is 12.1 Å². The summed E-state index contributed by atoms with van der Waals surface area (Å²) in [6.07, 6.45) is 1.47. The van der Waals surface area contributed by atoms with E-state index in [0.29, 0.717) is 0 Å². The summed E-state index contributed by atoms with van der Waals surface area (Å²) < 4.78 is 0. The largest absolute Gasteiger partial charge is 0.506 e. The molecule has 0 fully saturated rings. The number of carbonyl (C=O) groups is 1. The number of rotatable bonds is 2. The van der Waals surface area contributed by atoms with Crippen LogP contribution in [0.15, 0.2) is 18.3 Å². The lowest BCUT2D eigenvalue weighted by atomic mass is 10.2. The van der Waals surface area contributed by atoms with Gasteiger partial charge in [-0.3, -0.25) is 4.79 Å². The average Bonchev–Trinajstić information content (AvgIpc) is 2.04. The fourth-order valence-electron chi connectivity index (χ4n) is 0.675. The summed E-state index contributed by atoms with van der Waals surface area (Å²) in [5.41, 5.74) is 0.115. The quantitative estimate of drug-likeness (QED) is 0.599. The molecule has 0 aromatic carbocycles. The van der Waals surface area contributed by atoms with Crippen molar-refractivity contribution in [1.82, 2.24) is 4.98 Å². The van der Waals surface area contributed by atoms with Gasteiger partial charge in [-0.15, -0.1) is 0 Å². The molecular formula is C7H6BrNO2. The Kier molecular flexibility index (Phi) is 2.59. The molecule has 11 heavy (non-hydrogen) atoms. The molecule has 1 aromatic rings. The van der Waals surface area contributed by atoms with Crippen LogP contribution in [-0.2, 0) is 0 Å². The monoisotopic (exact) mass is 215 g/mol. The van der Waals surface area contributed by atoms with E-state index in [1.165, 1.54) is 12.3 Å². The number of pyridine rings is 1. The minimum atomic E-state index is -0.219. The van der Waals surface area contributed by atoms with Crippen molar-refractivity contribution in [2.24, 2.45) is 0 Å². The summed E-state index contributed by atoms with van der Waals surface area (Å²) in [4.78, 5) is 14.7. The Bertz CT molecular complexity index is 275. The molecule has 58 valence electrons. The first-order valence-corrected chi connectivity index (χ1v) is 4.11. The highest BCUT2D eigenvalue weighted by Gasteiger charge is 2.09. The zero-order valence-electron chi connectivity index (χ0n) is 5.62. The molecule has 0 aliphatic carbocycles. The SMILES string of the molecule is O=C(CBr)c1ncccc1O. The number of aromatic nitrogens is 1. The van der Waals surface area contributed by atoms with E-state index in [0.717, 1.165) is 0 Å². The number of aromatic hydroxyl groups is 1. The smallest absolute Gasteiger partial charge is 0.195 e. The number of hydrogen-bond acceptors (Lipinski definition) is 3. The van der Waals surface area contributed by atoms with Crippen LogP contribution in [0.25, 0.3) is 0 Å². The summed E-state index contributed by atoms with van der Waals surface area (Å²) in [5, 5.41) is 9.29. The van der Waals surface area contributed by atoms with Crippen molar-refractivity contribution in [3.05, 3.63) is 24.0 Å². The Hall–Kier alpha value is -0.900. The molecule has 1 N–H and O–H groups in total. The maximum Gasteiger partial charge on any atom is 0.195 e. The van der Waals surface area contributed by atoms with Crippen molar-refractivity contribution in [3.8, 4) is 5.75 Å². The van der Waals surface area contributed by atoms with Gasteiger partial charge in [-0.25, -0.2) is 4.98 Å². The third-order valence-corrected chi connectivity index (χ3v) is 1.68. The summed E-state index contributed by atoms with van der Waals surface area (Å²) in [7, 11) is 0. The van der Waals surface area contributed by atoms with Crippen LogP contribution in [0.2, 0.25) is 0 Å². The lowest BCUT2D eigenvalue weighted by Crippen LogP contribution is -2.02. The van der Waals surface area contributed by atoms with Gasteiger partial charge in [0, 0.05) is 6.20 Å². The molecule has 4 heteroatoms. The summed E-state index contributed by atoms with van der Waals surface area (Å²) in [6.45, 7) is 0. The number of Topliss-reactive ketones (excluding diaryl/α,β-unsaturated/α-hetero) is 1. The second-order valence-corrected chi connectivity index (χ2v) is 2.49. The van der Waals surface area contributed by atoms with Crippen LogP contribution in [0.4, 0.5) is 0 Å². The molecule has 0 atom stereocenters. The number of hydrogen-bond donors (Lipinski definition) is 1. The normalized spacial score (nSPS) is 9.55. The van der Waals surface area contributed by atoms with Crippen molar-refractivity contribution in [3.63, 3.8) is 0 Å². The maximum atomic E-state index is 11.0. The highest BCUT2D eigenvalue weighted by Crippen LogP contribution is 2.13. The molecule has 0 amide bonds. The molecule has 1 heterocycles. The molecule has 0 spiro atoms.